The van der Waals surface area contributed by atoms with Gasteiger partial charge in [-0.25, -0.2) is 8.42 Å². The van der Waals surface area contributed by atoms with Gasteiger partial charge in [-0.05, 0) is 36.6 Å². The van der Waals surface area contributed by atoms with Crippen LogP contribution in [0.3, 0.4) is 0 Å². The molecular formula is C28H29F3N2O6S. The minimum absolute atomic E-state index is 0.0184. The van der Waals surface area contributed by atoms with Crippen molar-refractivity contribution in [3.05, 3.63) is 77.0 Å². The third-order valence-corrected chi connectivity index (χ3v) is 8.70. The molecule has 0 aliphatic carbocycles. The van der Waals surface area contributed by atoms with Crippen LogP contribution in [0.25, 0.3) is 11.3 Å². The normalized spacial score (nSPS) is 14.7. The molecule has 12 heteroatoms. The lowest BCUT2D eigenvalue weighted by Crippen LogP contribution is -2.40. The van der Waals surface area contributed by atoms with Crippen LogP contribution in [0.4, 0.5) is 13.2 Å². The number of nitrogens with zero attached hydrogens (tertiary/aromatic N) is 2. The fourth-order valence-electron chi connectivity index (χ4n) is 4.84. The van der Waals surface area contributed by atoms with Gasteiger partial charge in [0.25, 0.3) is 5.78 Å². The van der Waals surface area contributed by atoms with Crippen LogP contribution < -0.4 is 0 Å². The zero-order chi connectivity index (χ0) is 29.1. The Bertz CT molecular complexity index is 1490. The van der Waals surface area contributed by atoms with Crippen LogP contribution in [0.15, 0.2) is 59.5 Å². The van der Waals surface area contributed by atoms with E-state index in [9.17, 15) is 31.2 Å². The Morgan fingerprint density at radius 3 is 2.25 bits per heavy atom. The number of hydrogen-bond acceptors (Lipinski definition) is 6. The van der Waals surface area contributed by atoms with Gasteiger partial charge in [0.15, 0.2) is 0 Å². The van der Waals surface area contributed by atoms with Crippen molar-refractivity contribution in [2.24, 2.45) is 0 Å². The number of morpholine rings is 1. The van der Waals surface area contributed by atoms with Crippen molar-refractivity contribution in [3.63, 3.8) is 0 Å². The van der Waals surface area contributed by atoms with E-state index in [1.54, 1.807) is 43.3 Å². The number of esters is 1. The molecule has 0 N–H and O–H groups in total. The molecule has 2 heterocycles. The first-order valence-electron chi connectivity index (χ1n) is 12.7. The van der Waals surface area contributed by atoms with Crippen molar-refractivity contribution in [2.75, 3.05) is 32.9 Å². The van der Waals surface area contributed by atoms with E-state index in [-0.39, 0.29) is 66.7 Å². The van der Waals surface area contributed by atoms with E-state index in [1.165, 1.54) is 34.0 Å². The molecule has 0 atom stereocenters. The standard InChI is InChI=1S/C28H29F3N2O6S/c1-3-39-24(34)18-33-19(2)22(25(27(35)28(29,30)31)26(33)20-9-5-4-6-10-20)17-21-11-7-8-12-23(21)40(36,37)32-13-15-38-16-14-32/h4-12H,3,13-18H2,1-2H3. The van der Waals surface area contributed by atoms with Crippen molar-refractivity contribution in [3.8, 4) is 11.3 Å². The van der Waals surface area contributed by atoms with Crippen LogP contribution in [0.1, 0.15) is 34.1 Å². The van der Waals surface area contributed by atoms with Crippen LogP contribution in [0.5, 0.6) is 0 Å². The van der Waals surface area contributed by atoms with Crippen LogP contribution in [-0.2, 0) is 37.3 Å². The highest BCUT2D eigenvalue weighted by Crippen LogP contribution is 2.38. The summed E-state index contributed by atoms with van der Waals surface area (Å²) in [4.78, 5) is 25.4. The number of ether oxygens (including phenoxy) is 2. The number of benzene rings is 2. The molecule has 1 aromatic heterocycles. The Morgan fingerprint density at radius 1 is 1.00 bits per heavy atom. The van der Waals surface area contributed by atoms with Crippen molar-refractivity contribution in [1.29, 1.82) is 0 Å². The van der Waals surface area contributed by atoms with Crippen molar-refractivity contribution >= 4 is 21.8 Å². The number of aromatic nitrogens is 1. The summed E-state index contributed by atoms with van der Waals surface area (Å²) in [5, 5.41) is 0. The molecule has 4 rings (SSSR count). The summed E-state index contributed by atoms with van der Waals surface area (Å²) < 4.78 is 82.0. The third kappa shape index (κ3) is 5.98. The average Bonchev–Trinajstić information content (AvgIpc) is 3.19. The summed E-state index contributed by atoms with van der Waals surface area (Å²) in [7, 11) is -4.00. The maximum absolute atomic E-state index is 14.0. The van der Waals surface area contributed by atoms with Gasteiger partial charge >= 0.3 is 12.1 Å². The molecule has 2 aromatic carbocycles. The van der Waals surface area contributed by atoms with E-state index in [2.05, 4.69) is 0 Å². The Balaban J connectivity index is 1.94. The molecule has 0 amide bonds. The SMILES string of the molecule is CCOC(=O)Cn1c(C)c(Cc2ccccc2S(=O)(=O)N2CCOCC2)c(C(=O)C(F)(F)F)c1-c1ccccc1. The van der Waals surface area contributed by atoms with Crippen molar-refractivity contribution in [1.82, 2.24) is 8.87 Å². The first-order chi connectivity index (χ1) is 19.0. The first kappa shape index (κ1) is 29.5. The number of sulfonamides is 1. The third-order valence-electron chi connectivity index (χ3n) is 6.70. The molecule has 214 valence electrons. The van der Waals surface area contributed by atoms with Gasteiger partial charge in [0.1, 0.15) is 6.54 Å². The number of carbonyl (C=O) groups excluding carboxylic acids is 2. The zero-order valence-corrected chi connectivity index (χ0v) is 22.8. The highest BCUT2D eigenvalue weighted by Gasteiger charge is 2.44. The Morgan fingerprint density at radius 2 is 1.62 bits per heavy atom. The van der Waals surface area contributed by atoms with Gasteiger partial charge in [-0.3, -0.25) is 9.59 Å². The van der Waals surface area contributed by atoms with Gasteiger partial charge in [0.05, 0.1) is 36.0 Å². The second-order valence-corrected chi connectivity index (χ2v) is 11.1. The average molecular weight is 579 g/mol. The molecular weight excluding hydrogens is 549 g/mol. The van der Waals surface area contributed by atoms with Gasteiger partial charge in [-0.1, -0.05) is 48.5 Å². The number of ketones is 1. The molecule has 1 saturated heterocycles. The number of alkyl halides is 3. The first-order valence-corrected chi connectivity index (χ1v) is 14.1. The monoisotopic (exact) mass is 578 g/mol. The van der Waals surface area contributed by atoms with Crippen molar-refractivity contribution < 1.29 is 40.7 Å². The van der Waals surface area contributed by atoms with Crippen LogP contribution in [0, 0.1) is 6.92 Å². The van der Waals surface area contributed by atoms with Gasteiger partial charge in [-0.15, -0.1) is 0 Å². The summed E-state index contributed by atoms with van der Waals surface area (Å²) in [5.41, 5.74) is 0.00781. The number of halogens is 3. The predicted octanol–water partition coefficient (Wildman–Crippen LogP) is 4.38. The molecule has 3 aromatic rings. The molecule has 1 fully saturated rings. The second kappa shape index (κ2) is 11.9. The molecule has 8 nitrogen and oxygen atoms in total. The fraction of sp³-hybridized carbons (Fsp3) is 0.357. The summed E-state index contributed by atoms with van der Waals surface area (Å²) in [6, 6.07) is 14.0. The van der Waals surface area contributed by atoms with E-state index in [1.807, 2.05) is 0 Å². The summed E-state index contributed by atoms with van der Waals surface area (Å²) in [6.45, 7) is 3.47. The second-order valence-electron chi connectivity index (χ2n) is 9.17. The predicted molar refractivity (Wildman–Crippen MR) is 140 cm³/mol. The van der Waals surface area contributed by atoms with Gasteiger partial charge in [0, 0.05) is 25.2 Å². The number of rotatable bonds is 9. The van der Waals surface area contributed by atoms with Crippen molar-refractivity contribution in [2.45, 2.75) is 37.9 Å². The van der Waals surface area contributed by atoms with E-state index in [4.69, 9.17) is 9.47 Å². The topological polar surface area (TPSA) is 94.9 Å². The highest BCUT2D eigenvalue weighted by molar-refractivity contribution is 7.89. The smallest absolute Gasteiger partial charge is 0.454 e. The Hall–Kier alpha value is -3.48. The van der Waals surface area contributed by atoms with E-state index < -0.39 is 40.1 Å². The van der Waals surface area contributed by atoms with Crippen LogP contribution in [-0.4, -0.2) is 68.1 Å². The minimum Gasteiger partial charge on any atom is -0.465 e. The van der Waals surface area contributed by atoms with E-state index in [0.717, 1.165) is 0 Å². The van der Waals surface area contributed by atoms with E-state index in [0.29, 0.717) is 5.56 Å². The molecule has 0 saturated carbocycles. The Kier molecular flexibility index (Phi) is 8.81. The van der Waals surface area contributed by atoms with Gasteiger partial charge in [0.2, 0.25) is 10.0 Å². The van der Waals surface area contributed by atoms with E-state index >= 15 is 0 Å². The summed E-state index contributed by atoms with van der Waals surface area (Å²) in [5.74, 6) is -2.77. The number of carbonyl (C=O) groups is 2. The van der Waals surface area contributed by atoms with Gasteiger partial charge in [-0.2, -0.15) is 17.5 Å². The lowest BCUT2D eigenvalue weighted by atomic mass is 9.95. The summed E-state index contributed by atoms with van der Waals surface area (Å²) >= 11 is 0. The number of hydrogen-bond donors (Lipinski definition) is 0. The molecule has 0 radical (unpaired) electrons. The Labute approximate surface area is 230 Å². The summed E-state index contributed by atoms with van der Waals surface area (Å²) in [6.07, 6.45) is -5.52. The van der Waals surface area contributed by atoms with Gasteiger partial charge < -0.3 is 14.0 Å². The number of Topliss-reactive ketones (excluding diaryl/α,β-unsaturated/α-hetero) is 1. The molecule has 1 aliphatic heterocycles. The maximum Gasteiger partial charge on any atom is 0.454 e. The fourth-order valence-corrected chi connectivity index (χ4v) is 6.47. The largest absolute Gasteiger partial charge is 0.465 e. The maximum atomic E-state index is 14.0. The van der Waals surface area contributed by atoms with Crippen LogP contribution in [0.2, 0.25) is 0 Å². The molecule has 40 heavy (non-hydrogen) atoms. The zero-order valence-electron chi connectivity index (χ0n) is 22.0. The lowest BCUT2D eigenvalue weighted by Gasteiger charge is -2.27. The molecule has 0 bridgehead atoms. The molecule has 0 unspecified atom stereocenters. The van der Waals surface area contributed by atoms with Crippen LogP contribution >= 0.6 is 0 Å². The minimum atomic E-state index is -5.22. The molecule has 1 aliphatic rings. The quantitative estimate of drug-likeness (QED) is 0.276. The lowest BCUT2D eigenvalue weighted by molar-refractivity contribution is -0.143. The molecule has 0 spiro atoms. The highest BCUT2D eigenvalue weighted by atomic mass is 32.2.